The number of thiophene rings is 1. The molecule has 0 spiro atoms. The van der Waals surface area contributed by atoms with E-state index in [1.165, 1.54) is 11.4 Å². The van der Waals surface area contributed by atoms with E-state index in [1.807, 2.05) is 12.1 Å². The summed E-state index contributed by atoms with van der Waals surface area (Å²) in [5, 5.41) is 23.1. The Bertz CT molecular complexity index is 1900. The van der Waals surface area contributed by atoms with Gasteiger partial charge in [0.2, 0.25) is 0 Å². The normalized spacial score (nSPS) is 11.1. The molecule has 11 heteroatoms. The third kappa shape index (κ3) is 7.63. The Labute approximate surface area is 258 Å². The molecule has 1 heterocycles. The summed E-state index contributed by atoms with van der Waals surface area (Å²) in [7, 11) is -4.05. The van der Waals surface area contributed by atoms with E-state index < -0.39 is 16.0 Å². The van der Waals surface area contributed by atoms with Crippen LogP contribution in [0.15, 0.2) is 113 Å². The number of hydrogen-bond acceptors (Lipinski definition) is 7. The number of aromatic hydroxyl groups is 1. The largest absolute Gasteiger partial charge is 0.508 e. The van der Waals surface area contributed by atoms with Gasteiger partial charge in [-0.25, -0.2) is 13.2 Å². The van der Waals surface area contributed by atoms with E-state index >= 15 is 0 Å². The molecule has 0 unspecified atom stereocenters. The number of phenols is 1. The van der Waals surface area contributed by atoms with Gasteiger partial charge in [-0.1, -0.05) is 42.5 Å². The monoisotopic (exact) mass is 628 g/mol. The maximum absolute atomic E-state index is 12.9. The first-order valence-electron chi connectivity index (χ1n) is 13.5. The zero-order valence-electron chi connectivity index (χ0n) is 23.3. The number of hydrogen-bond donors (Lipinski definition) is 4. The molecule has 0 bridgehead atoms. The van der Waals surface area contributed by atoms with Crippen molar-refractivity contribution in [1.29, 1.82) is 0 Å². The number of sulfonamides is 1. The second-order valence-electron chi connectivity index (χ2n) is 9.79. The van der Waals surface area contributed by atoms with Crippen LogP contribution in [0.1, 0.15) is 32.0 Å². The van der Waals surface area contributed by atoms with Gasteiger partial charge < -0.3 is 20.3 Å². The number of phenolic OH excluding ortho intramolecular Hbond substituents is 1. The molecule has 4 aromatic carbocycles. The van der Waals surface area contributed by atoms with E-state index in [-0.39, 0.29) is 21.4 Å². The van der Waals surface area contributed by atoms with Crippen LogP contribution in [0.3, 0.4) is 0 Å². The number of nitrogens with one attached hydrogen (secondary N) is 2. The Morgan fingerprint density at radius 1 is 0.818 bits per heavy atom. The van der Waals surface area contributed by atoms with Crippen molar-refractivity contribution in [2.24, 2.45) is 0 Å². The van der Waals surface area contributed by atoms with E-state index in [0.717, 1.165) is 28.0 Å². The summed E-state index contributed by atoms with van der Waals surface area (Å²) >= 11 is 0.853. The van der Waals surface area contributed by atoms with E-state index in [4.69, 9.17) is 4.74 Å². The maximum Gasteiger partial charge on any atom is 0.347 e. The number of rotatable bonds is 12. The van der Waals surface area contributed by atoms with E-state index in [1.54, 1.807) is 84.9 Å². The SMILES string of the molecule is O=C(Nc1cccc(OCCCc2cccc(NS(=O)(=O)c3ccsc3C(=O)O)c2)c1)c1cccc(-c2ccc(O)cc2)c1. The highest BCUT2D eigenvalue weighted by Gasteiger charge is 2.24. The summed E-state index contributed by atoms with van der Waals surface area (Å²) in [6.07, 6.45) is 1.26. The molecule has 0 saturated heterocycles. The molecule has 1 amide bonds. The van der Waals surface area contributed by atoms with Gasteiger partial charge >= 0.3 is 5.97 Å². The zero-order chi connectivity index (χ0) is 31.1. The van der Waals surface area contributed by atoms with Crippen molar-refractivity contribution >= 4 is 44.6 Å². The quantitative estimate of drug-likeness (QED) is 0.110. The first-order valence-corrected chi connectivity index (χ1v) is 15.9. The van der Waals surface area contributed by atoms with Crippen LogP contribution in [-0.4, -0.2) is 37.1 Å². The average Bonchev–Trinajstić information content (AvgIpc) is 3.52. The van der Waals surface area contributed by atoms with Crippen LogP contribution in [0.5, 0.6) is 11.5 Å². The molecule has 0 saturated carbocycles. The lowest BCUT2D eigenvalue weighted by Gasteiger charge is -2.11. The molecule has 5 rings (SSSR count). The van der Waals surface area contributed by atoms with Gasteiger partial charge in [-0.15, -0.1) is 11.3 Å². The minimum absolute atomic E-state index is 0.174. The summed E-state index contributed by atoms with van der Waals surface area (Å²) in [6, 6.07) is 29.3. The molecule has 0 aliphatic carbocycles. The smallest absolute Gasteiger partial charge is 0.347 e. The lowest BCUT2D eigenvalue weighted by Crippen LogP contribution is -2.15. The Kier molecular flexibility index (Phi) is 9.27. The third-order valence-corrected chi connectivity index (χ3v) is 9.04. The van der Waals surface area contributed by atoms with Crippen molar-refractivity contribution in [2.45, 2.75) is 17.7 Å². The van der Waals surface area contributed by atoms with Crippen molar-refractivity contribution in [3.63, 3.8) is 0 Å². The Morgan fingerprint density at radius 2 is 1.57 bits per heavy atom. The van der Waals surface area contributed by atoms with Gasteiger partial charge in [-0.2, -0.15) is 0 Å². The minimum atomic E-state index is -4.05. The number of carboxylic acid groups (broad SMARTS) is 1. The van der Waals surface area contributed by atoms with Gasteiger partial charge in [0.15, 0.2) is 0 Å². The van der Waals surface area contributed by atoms with Crippen molar-refractivity contribution in [3.05, 3.63) is 125 Å². The third-order valence-electron chi connectivity index (χ3n) is 6.59. The lowest BCUT2D eigenvalue weighted by atomic mass is 10.0. The fourth-order valence-electron chi connectivity index (χ4n) is 4.49. The molecule has 5 aromatic rings. The molecular weight excluding hydrogens is 601 g/mol. The molecule has 0 atom stereocenters. The number of carbonyl (C=O) groups is 2. The molecule has 4 N–H and O–H groups in total. The fourth-order valence-corrected chi connectivity index (χ4v) is 6.80. The van der Waals surface area contributed by atoms with Crippen LogP contribution in [0.2, 0.25) is 0 Å². The molecule has 0 fully saturated rings. The summed E-state index contributed by atoms with van der Waals surface area (Å²) < 4.78 is 33.9. The van der Waals surface area contributed by atoms with Crippen LogP contribution >= 0.6 is 11.3 Å². The lowest BCUT2D eigenvalue weighted by molar-refractivity contribution is 0.0698. The van der Waals surface area contributed by atoms with Gasteiger partial charge in [0.25, 0.3) is 15.9 Å². The standard InChI is InChI=1S/C33H28N2O7S2/c36-28-14-12-23(13-15-28)24-7-2-8-25(20-24)32(37)34-26-9-3-11-29(21-26)42-17-4-6-22-5-1-10-27(19-22)35-44(40,41)30-16-18-43-31(30)33(38)39/h1-3,5,7-16,18-21,35-36H,4,6,17H2,(H,34,37)(H,38,39). The van der Waals surface area contributed by atoms with Gasteiger partial charge in [0, 0.05) is 23.0 Å². The van der Waals surface area contributed by atoms with Crippen LogP contribution in [-0.2, 0) is 16.4 Å². The zero-order valence-corrected chi connectivity index (χ0v) is 24.9. The van der Waals surface area contributed by atoms with Crippen LogP contribution in [0, 0.1) is 0 Å². The van der Waals surface area contributed by atoms with Crippen molar-refractivity contribution in [3.8, 4) is 22.6 Å². The topological polar surface area (TPSA) is 142 Å². The van der Waals surface area contributed by atoms with Crippen LogP contribution in [0.25, 0.3) is 11.1 Å². The summed E-state index contributed by atoms with van der Waals surface area (Å²) in [5.74, 6) is -0.796. The molecule has 224 valence electrons. The first-order chi connectivity index (χ1) is 21.2. The number of carboxylic acids is 1. The van der Waals surface area contributed by atoms with Crippen molar-refractivity contribution < 1.29 is 33.0 Å². The number of ether oxygens (including phenoxy) is 1. The highest BCUT2D eigenvalue weighted by molar-refractivity contribution is 7.93. The predicted octanol–water partition coefficient (Wildman–Crippen LogP) is 6.88. The van der Waals surface area contributed by atoms with E-state index in [9.17, 15) is 28.2 Å². The van der Waals surface area contributed by atoms with Gasteiger partial charge in [0.05, 0.1) is 6.61 Å². The predicted molar refractivity (Wildman–Crippen MR) is 170 cm³/mol. The Morgan fingerprint density at radius 3 is 2.36 bits per heavy atom. The van der Waals surface area contributed by atoms with Crippen LogP contribution < -0.4 is 14.8 Å². The van der Waals surface area contributed by atoms with Crippen LogP contribution in [0.4, 0.5) is 11.4 Å². The molecule has 44 heavy (non-hydrogen) atoms. The number of aryl methyl sites for hydroxylation is 1. The highest BCUT2D eigenvalue weighted by Crippen LogP contribution is 2.26. The molecule has 9 nitrogen and oxygen atoms in total. The van der Waals surface area contributed by atoms with Gasteiger partial charge in [-0.05, 0) is 89.5 Å². The summed E-state index contributed by atoms with van der Waals surface area (Å²) in [4.78, 5) is 23.8. The Hall–Kier alpha value is -5.13. The Balaban J connectivity index is 1.14. The van der Waals surface area contributed by atoms with Crippen molar-refractivity contribution in [2.75, 3.05) is 16.6 Å². The number of aromatic carboxylic acids is 1. The minimum Gasteiger partial charge on any atom is -0.508 e. The number of amides is 1. The molecule has 0 aliphatic heterocycles. The number of anilines is 2. The summed E-state index contributed by atoms with van der Waals surface area (Å²) in [6.45, 7) is 0.388. The van der Waals surface area contributed by atoms with Crippen molar-refractivity contribution in [1.82, 2.24) is 0 Å². The maximum atomic E-state index is 12.9. The van der Waals surface area contributed by atoms with E-state index in [2.05, 4.69) is 10.0 Å². The second-order valence-corrected chi connectivity index (χ2v) is 12.4. The molecular formula is C33H28N2O7S2. The molecule has 0 aliphatic rings. The molecule has 1 aromatic heterocycles. The van der Waals surface area contributed by atoms with Gasteiger partial charge in [-0.3, -0.25) is 9.52 Å². The summed E-state index contributed by atoms with van der Waals surface area (Å²) in [5.41, 5.74) is 4.03. The highest BCUT2D eigenvalue weighted by atomic mass is 32.2. The van der Waals surface area contributed by atoms with E-state index in [0.29, 0.717) is 42.1 Å². The fraction of sp³-hybridized carbons (Fsp3) is 0.0909. The number of benzene rings is 4. The average molecular weight is 629 g/mol. The second kappa shape index (κ2) is 13.4. The number of carbonyl (C=O) groups excluding carboxylic acids is 1. The van der Waals surface area contributed by atoms with Gasteiger partial charge in [0.1, 0.15) is 21.3 Å². The molecule has 0 radical (unpaired) electrons. The first kappa shape index (κ1) is 30.3.